The van der Waals surface area contributed by atoms with E-state index in [0.717, 1.165) is 24.9 Å². The third-order valence-electron chi connectivity index (χ3n) is 1.94. The van der Waals surface area contributed by atoms with E-state index in [1.807, 2.05) is 18.4 Å². The zero-order valence-electron chi connectivity index (χ0n) is 9.43. The van der Waals surface area contributed by atoms with Crippen LogP contribution in [-0.4, -0.2) is 38.1 Å². The standard InChI is InChI=1S/C9H16N4O2S/c1-3-10-9-12-11-7(13(9)4-2)5-16-6-8(14)15/h3-6H2,1-2H3,(H,10,12)(H,14,15). The van der Waals surface area contributed by atoms with Gasteiger partial charge in [0, 0.05) is 13.1 Å². The summed E-state index contributed by atoms with van der Waals surface area (Å²) in [4.78, 5) is 10.4. The van der Waals surface area contributed by atoms with E-state index in [1.165, 1.54) is 11.8 Å². The summed E-state index contributed by atoms with van der Waals surface area (Å²) in [5.74, 6) is 1.41. The Morgan fingerprint density at radius 1 is 1.50 bits per heavy atom. The molecule has 16 heavy (non-hydrogen) atoms. The van der Waals surface area contributed by atoms with Gasteiger partial charge in [0.15, 0.2) is 0 Å². The summed E-state index contributed by atoms with van der Waals surface area (Å²) >= 11 is 1.32. The van der Waals surface area contributed by atoms with Crippen LogP contribution < -0.4 is 5.32 Å². The molecule has 0 amide bonds. The smallest absolute Gasteiger partial charge is 0.313 e. The minimum Gasteiger partial charge on any atom is -0.481 e. The second-order valence-corrected chi connectivity index (χ2v) is 4.09. The highest BCUT2D eigenvalue weighted by Crippen LogP contribution is 2.14. The predicted octanol–water partition coefficient (Wildman–Crippen LogP) is 1.05. The first-order valence-electron chi connectivity index (χ1n) is 5.14. The molecule has 1 heterocycles. The van der Waals surface area contributed by atoms with Crippen molar-refractivity contribution in [2.75, 3.05) is 17.6 Å². The van der Waals surface area contributed by atoms with Gasteiger partial charge in [-0.1, -0.05) is 0 Å². The SMILES string of the molecule is CCNc1nnc(CSCC(=O)O)n1CC. The molecule has 0 bridgehead atoms. The molecule has 0 fully saturated rings. The quantitative estimate of drug-likeness (QED) is 0.746. The Bertz CT molecular complexity index is 353. The molecule has 90 valence electrons. The molecule has 0 aliphatic rings. The number of aromatic nitrogens is 3. The topological polar surface area (TPSA) is 80.0 Å². The monoisotopic (exact) mass is 244 g/mol. The summed E-state index contributed by atoms with van der Waals surface area (Å²) in [6.45, 7) is 5.57. The van der Waals surface area contributed by atoms with Crippen LogP contribution in [0.3, 0.4) is 0 Å². The summed E-state index contributed by atoms with van der Waals surface area (Å²) in [5.41, 5.74) is 0. The number of aliphatic carboxylic acids is 1. The minimum absolute atomic E-state index is 0.0904. The Kier molecular flexibility index (Phi) is 5.10. The molecule has 7 heteroatoms. The van der Waals surface area contributed by atoms with Crippen molar-refractivity contribution in [3.05, 3.63) is 5.82 Å². The zero-order valence-corrected chi connectivity index (χ0v) is 10.3. The first-order chi connectivity index (χ1) is 7.69. The number of nitrogens with one attached hydrogen (secondary N) is 1. The molecular weight excluding hydrogens is 228 g/mol. The van der Waals surface area contributed by atoms with E-state index in [9.17, 15) is 4.79 Å². The van der Waals surface area contributed by atoms with E-state index >= 15 is 0 Å². The van der Waals surface area contributed by atoms with E-state index in [2.05, 4.69) is 15.5 Å². The van der Waals surface area contributed by atoms with Gasteiger partial charge < -0.3 is 10.4 Å². The highest BCUT2D eigenvalue weighted by molar-refractivity contribution is 7.99. The van der Waals surface area contributed by atoms with Gasteiger partial charge >= 0.3 is 5.97 Å². The lowest BCUT2D eigenvalue weighted by molar-refractivity contribution is -0.133. The van der Waals surface area contributed by atoms with Crippen molar-refractivity contribution < 1.29 is 9.90 Å². The third-order valence-corrected chi connectivity index (χ3v) is 2.85. The van der Waals surface area contributed by atoms with E-state index in [1.54, 1.807) is 0 Å². The van der Waals surface area contributed by atoms with Crippen LogP contribution in [0.5, 0.6) is 0 Å². The zero-order chi connectivity index (χ0) is 12.0. The molecule has 1 aromatic heterocycles. The highest BCUT2D eigenvalue weighted by Gasteiger charge is 2.10. The molecule has 6 nitrogen and oxygen atoms in total. The third kappa shape index (κ3) is 3.41. The number of carboxylic acids is 1. The van der Waals surface area contributed by atoms with Crippen molar-refractivity contribution in [2.45, 2.75) is 26.1 Å². The molecule has 0 aliphatic heterocycles. The van der Waals surface area contributed by atoms with Gasteiger partial charge in [0.25, 0.3) is 0 Å². The van der Waals surface area contributed by atoms with Crippen LogP contribution in [0.4, 0.5) is 5.95 Å². The molecule has 0 atom stereocenters. The van der Waals surface area contributed by atoms with Gasteiger partial charge in [0.05, 0.1) is 11.5 Å². The Morgan fingerprint density at radius 3 is 2.81 bits per heavy atom. The molecule has 0 saturated carbocycles. The number of thioether (sulfide) groups is 1. The Hall–Kier alpha value is -1.24. The molecular formula is C9H16N4O2S. The fourth-order valence-corrected chi connectivity index (χ4v) is 1.97. The second kappa shape index (κ2) is 6.37. The Balaban J connectivity index is 2.61. The van der Waals surface area contributed by atoms with Gasteiger partial charge in [-0.2, -0.15) is 0 Å². The molecule has 0 aromatic carbocycles. The summed E-state index contributed by atoms with van der Waals surface area (Å²) in [7, 11) is 0. The van der Waals surface area contributed by atoms with Gasteiger partial charge in [0.2, 0.25) is 5.95 Å². The second-order valence-electron chi connectivity index (χ2n) is 3.10. The Morgan fingerprint density at radius 2 is 2.25 bits per heavy atom. The minimum atomic E-state index is -0.806. The predicted molar refractivity (Wildman–Crippen MR) is 63.7 cm³/mol. The maximum absolute atomic E-state index is 10.4. The van der Waals surface area contributed by atoms with E-state index in [0.29, 0.717) is 5.75 Å². The van der Waals surface area contributed by atoms with Gasteiger partial charge in [-0.3, -0.25) is 9.36 Å². The number of nitrogens with zero attached hydrogens (tertiary/aromatic N) is 3. The fourth-order valence-electron chi connectivity index (χ4n) is 1.29. The summed E-state index contributed by atoms with van der Waals surface area (Å²) in [6, 6.07) is 0. The number of hydrogen-bond donors (Lipinski definition) is 2. The molecule has 0 spiro atoms. The first kappa shape index (κ1) is 12.8. The van der Waals surface area contributed by atoms with Crippen LogP contribution in [0, 0.1) is 0 Å². The van der Waals surface area contributed by atoms with Crippen LogP contribution >= 0.6 is 11.8 Å². The molecule has 1 rings (SSSR count). The first-order valence-corrected chi connectivity index (χ1v) is 6.30. The molecule has 2 N–H and O–H groups in total. The van der Waals surface area contributed by atoms with Crippen LogP contribution in [-0.2, 0) is 17.1 Å². The molecule has 0 saturated heterocycles. The lowest BCUT2D eigenvalue weighted by Crippen LogP contribution is -2.08. The van der Waals surface area contributed by atoms with E-state index in [-0.39, 0.29) is 5.75 Å². The van der Waals surface area contributed by atoms with Gasteiger partial charge in [-0.15, -0.1) is 22.0 Å². The van der Waals surface area contributed by atoms with E-state index < -0.39 is 5.97 Å². The fraction of sp³-hybridized carbons (Fsp3) is 0.667. The maximum Gasteiger partial charge on any atom is 0.313 e. The largest absolute Gasteiger partial charge is 0.481 e. The Labute approximate surface area is 98.4 Å². The normalized spacial score (nSPS) is 10.4. The van der Waals surface area contributed by atoms with Crippen molar-refractivity contribution in [3.8, 4) is 0 Å². The number of carbonyl (C=O) groups is 1. The number of hydrogen-bond acceptors (Lipinski definition) is 5. The lowest BCUT2D eigenvalue weighted by Gasteiger charge is -2.07. The van der Waals surface area contributed by atoms with Crippen LogP contribution in [0.1, 0.15) is 19.7 Å². The van der Waals surface area contributed by atoms with Crippen LogP contribution in [0.15, 0.2) is 0 Å². The number of anilines is 1. The van der Waals surface area contributed by atoms with Gasteiger partial charge in [0.1, 0.15) is 5.82 Å². The number of rotatable bonds is 7. The summed E-state index contributed by atoms with van der Waals surface area (Å²) in [5, 5.41) is 19.7. The molecule has 1 aromatic rings. The van der Waals surface area contributed by atoms with Crippen molar-refractivity contribution in [3.63, 3.8) is 0 Å². The van der Waals surface area contributed by atoms with Crippen LogP contribution in [0.2, 0.25) is 0 Å². The summed E-state index contributed by atoms with van der Waals surface area (Å²) in [6.07, 6.45) is 0. The molecule has 0 aliphatic carbocycles. The van der Waals surface area contributed by atoms with Crippen molar-refractivity contribution >= 4 is 23.7 Å². The van der Waals surface area contributed by atoms with E-state index in [4.69, 9.17) is 5.11 Å². The average Bonchev–Trinajstić information content (AvgIpc) is 2.61. The highest BCUT2D eigenvalue weighted by atomic mass is 32.2. The lowest BCUT2D eigenvalue weighted by atomic mass is 10.6. The molecule has 0 radical (unpaired) electrons. The van der Waals surface area contributed by atoms with Gasteiger partial charge in [-0.05, 0) is 13.8 Å². The number of carboxylic acid groups (broad SMARTS) is 1. The van der Waals surface area contributed by atoms with Crippen molar-refractivity contribution in [2.24, 2.45) is 0 Å². The van der Waals surface area contributed by atoms with Crippen molar-refractivity contribution in [1.82, 2.24) is 14.8 Å². The summed E-state index contributed by atoms with van der Waals surface area (Å²) < 4.78 is 1.96. The average molecular weight is 244 g/mol. The van der Waals surface area contributed by atoms with Gasteiger partial charge in [-0.25, -0.2) is 0 Å². The molecule has 0 unspecified atom stereocenters. The van der Waals surface area contributed by atoms with Crippen molar-refractivity contribution in [1.29, 1.82) is 0 Å². The maximum atomic E-state index is 10.4. The van der Waals surface area contributed by atoms with Crippen LogP contribution in [0.25, 0.3) is 0 Å².